The van der Waals surface area contributed by atoms with E-state index in [9.17, 15) is 0 Å². The highest BCUT2D eigenvalue weighted by atomic mass is 16.5. The molecule has 0 heterocycles. The third kappa shape index (κ3) is 2.77. The summed E-state index contributed by atoms with van der Waals surface area (Å²) in [6.07, 6.45) is 0. The topological polar surface area (TPSA) is 33.0 Å². The van der Waals surface area contributed by atoms with Gasteiger partial charge in [-0.2, -0.15) is 5.26 Å². The van der Waals surface area contributed by atoms with Crippen molar-refractivity contribution < 1.29 is 4.74 Å². The first-order valence-corrected chi connectivity index (χ1v) is 4.64. The Hall–Kier alpha value is -1.49. The molecular formula is C12H15NO. The standard InChI is InChI=1S/C12H15NO/c1-12(2,3)10-5-4-6-11(9-10)14-8-7-13/h4-6,9H,8H2,1-3H3. The van der Waals surface area contributed by atoms with Crippen molar-refractivity contribution in [3.63, 3.8) is 0 Å². The highest BCUT2D eigenvalue weighted by Crippen LogP contribution is 2.25. The van der Waals surface area contributed by atoms with Crippen molar-refractivity contribution in [2.75, 3.05) is 6.61 Å². The number of hydrogen-bond donors (Lipinski definition) is 0. The van der Waals surface area contributed by atoms with E-state index < -0.39 is 0 Å². The van der Waals surface area contributed by atoms with Gasteiger partial charge in [0.05, 0.1) is 0 Å². The monoisotopic (exact) mass is 189 g/mol. The van der Waals surface area contributed by atoms with Crippen molar-refractivity contribution in [3.8, 4) is 11.8 Å². The van der Waals surface area contributed by atoms with Gasteiger partial charge in [-0.05, 0) is 23.1 Å². The number of benzene rings is 1. The first kappa shape index (κ1) is 10.6. The highest BCUT2D eigenvalue weighted by Gasteiger charge is 2.13. The number of nitriles is 1. The summed E-state index contributed by atoms with van der Waals surface area (Å²) in [5.41, 5.74) is 1.33. The molecule has 0 aliphatic rings. The molecule has 0 aliphatic heterocycles. The normalized spacial score (nSPS) is 10.7. The first-order chi connectivity index (χ1) is 6.54. The summed E-state index contributed by atoms with van der Waals surface area (Å²) < 4.78 is 5.23. The lowest BCUT2D eigenvalue weighted by atomic mass is 9.87. The van der Waals surface area contributed by atoms with Crippen LogP contribution in [0.4, 0.5) is 0 Å². The molecule has 0 amide bonds. The molecule has 0 aromatic heterocycles. The third-order valence-corrected chi connectivity index (χ3v) is 2.00. The van der Waals surface area contributed by atoms with Crippen LogP contribution in [0.3, 0.4) is 0 Å². The summed E-state index contributed by atoms with van der Waals surface area (Å²) >= 11 is 0. The Balaban J connectivity index is 2.86. The van der Waals surface area contributed by atoms with Gasteiger partial charge in [0, 0.05) is 0 Å². The molecule has 2 heteroatoms. The molecule has 0 N–H and O–H groups in total. The molecule has 14 heavy (non-hydrogen) atoms. The Bertz CT molecular complexity index is 344. The SMILES string of the molecule is CC(C)(C)c1cccc(OCC#N)c1. The first-order valence-electron chi connectivity index (χ1n) is 4.64. The Kier molecular flexibility index (Phi) is 3.14. The maximum Gasteiger partial charge on any atom is 0.174 e. The van der Waals surface area contributed by atoms with E-state index in [0.717, 1.165) is 5.75 Å². The molecule has 0 fully saturated rings. The summed E-state index contributed by atoms with van der Waals surface area (Å²) in [6, 6.07) is 9.82. The quantitative estimate of drug-likeness (QED) is 0.716. The largest absolute Gasteiger partial charge is 0.479 e. The van der Waals surface area contributed by atoms with Crippen LogP contribution in [0.1, 0.15) is 26.3 Å². The Labute approximate surface area is 85.1 Å². The summed E-state index contributed by atoms with van der Waals surface area (Å²) in [5.74, 6) is 0.763. The van der Waals surface area contributed by atoms with Crippen LogP contribution in [-0.2, 0) is 5.41 Å². The van der Waals surface area contributed by atoms with Crippen LogP contribution in [-0.4, -0.2) is 6.61 Å². The van der Waals surface area contributed by atoms with E-state index in [1.807, 2.05) is 24.3 Å². The Morgan fingerprint density at radius 1 is 1.36 bits per heavy atom. The smallest absolute Gasteiger partial charge is 0.174 e. The molecule has 74 valence electrons. The average molecular weight is 189 g/mol. The van der Waals surface area contributed by atoms with Gasteiger partial charge >= 0.3 is 0 Å². The minimum absolute atomic E-state index is 0.105. The summed E-state index contributed by atoms with van der Waals surface area (Å²) in [6.45, 7) is 6.55. The van der Waals surface area contributed by atoms with Gasteiger partial charge in [0.15, 0.2) is 6.61 Å². The van der Waals surface area contributed by atoms with Gasteiger partial charge in [-0.1, -0.05) is 32.9 Å². The number of nitrogens with zero attached hydrogens (tertiary/aromatic N) is 1. The molecule has 1 aromatic rings. The highest BCUT2D eigenvalue weighted by molar-refractivity contribution is 5.32. The van der Waals surface area contributed by atoms with E-state index >= 15 is 0 Å². The number of ether oxygens (including phenoxy) is 1. The molecule has 0 saturated carbocycles. The lowest BCUT2D eigenvalue weighted by molar-refractivity contribution is 0.367. The van der Waals surface area contributed by atoms with Crippen LogP contribution >= 0.6 is 0 Å². The zero-order valence-electron chi connectivity index (χ0n) is 8.87. The van der Waals surface area contributed by atoms with E-state index in [0.29, 0.717) is 0 Å². The van der Waals surface area contributed by atoms with Gasteiger partial charge in [-0.15, -0.1) is 0 Å². The fourth-order valence-electron chi connectivity index (χ4n) is 1.17. The molecule has 0 bridgehead atoms. The lowest BCUT2D eigenvalue weighted by Crippen LogP contribution is -2.10. The van der Waals surface area contributed by atoms with Gasteiger partial charge < -0.3 is 4.74 Å². The van der Waals surface area contributed by atoms with Crippen molar-refractivity contribution >= 4 is 0 Å². The average Bonchev–Trinajstić information content (AvgIpc) is 2.14. The zero-order chi connectivity index (χ0) is 10.6. The van der Waals surface area contributed by atoms with E-state index in [1.165, 1.54) is 5.56 Å². The maximum absolute atomic E-state index is 8.38. The lowest BCUT2D eigenvalue weighted by Gasteiger charge is -2.19. The summed E-state index contributed by atoms with van der Waals surface area (Å²) in [5, 5.41) is 8.38. The van der Waals surface area contributed by atoms with Crippen LogP contribution in [0.25, 0.3) is 0 Å². The second kappa shape index (κ2) is 4.15. The van der Waals surface area contributed by atoms with Gasteiger partial charge in [-0.3, -0.25) is 0 Å². The van der Waals surface area contributed by atoms with Crippen molar-refractivity contribution in [1.82, 2.24) is 0 Å². The minimum Gasteiger partial charge on any atom is -0.479 e. The summed E-state index contributed by atoms with van der Waals surface area (Å²) in [4.78, 5) is 0. The zero-order valence-corrected chi connectivity index (χ0v) is 8.87. The molecule has 0 saturated heterocycles. The van der Waals surface area contributed by atoms with Crippen LogP contribution in [0, 0.1) is 11.3 Å². The second-order valence-electron chi connectivity index (χ2n) is 4.22. The fourth-order valence-corrected chi connectivity index (χ4v) is 1.17. The van der Waals surface area contributed by atoms with Crippen molar-refractivity contribution in [3.05, 3.63) is 29.8 Å². The van der Waals surface area contributed by atoms with Gasteiger partial charge in [0.1, 0.15) is 11.8 Å². The predicted octanol–water partition coefficient (Wildman–Crippen LogP) is 2.89. The van der Waals surface area contributed by atoms with Gasteiger partial charge in [0.2, 0.25) is 0 Å². The van der Waals surface area contributed by atoms with Crippen LogP contribution in [0.2, 0.25) is 0 Å². The predicted molar refractivity (Wildman–Crippen MR) is 56.3 cm³/mol. The van der Waals surface area contributed by atoms with E-state index in [-0.39, 0.29) is 12.0 Å². The van der Waals surface area contributed by atoms with Crippen molar-refractivity contribution in [1.29, 1.82) is 5.26 Å². The van der Waals surface area contributed by atoms with Gasteiger partial charge in [-0.25, -0.2) is 0 Å². The van der Waals surface area contributed by atoms with E-state index in [2.05, 4.69) is 26.8 Å². The molecule has 0 radical (unpaired) electrons. The van der Waals surface area contributed by atoms with E-state index in [1.54, 1.807) is 0 Å². The van der Waals surface area contributed by atoms with Crippen LogP contribution in [0.15, 0.2) is 24.3 Å². The van der Waals surface area contributed by atoms with Gasteiger partial charge in [0.25, 0.3) is 0 Å². The number of rotatable bonds is 2. The van der Waals surface area contributed by atoms with Crippen LogP contribution < -0.4 is 4.74 Å². The minimum atomic E-state index is 0.105. The maximum atomic E-state index is 8.38. The molecule has 0 atom stereocenters. The molecule has 1 rings (SSSR count). The third-order valence-electron chi connectivity index (χ3n) is 2.00. The number of hydrogen-bond acceptors (Lipinski definition) is 2. The molecule has 0 unspecified atom stereocenters. The molecule has 0 aliphatic carbocycles. The summed E-state index contributed by atoms with van der Waals surface area (Å²) in [7, 11) is 0. The molecule has 1 aromatic carbocycles. The molecule has 0 spiro atoms. The molecular weight excluding hydrogens is 174 g/mol. The fraction of sp³-hybridized carbons (Fsp3) is 0.417. The molecule has 2 nitrogen and oxygen atoms in total. The van der Waals surface area contributed by atoms with Crippen molar-refractivity contribution in [2.45, 2.75) is 26.2 Å². The van der Waals surface area contributed by atoms with Crippen molar-refractivity contribution in [2.24, 2.45) is 0 Å². The van der Waals surface area contributed by atoms with Crippen LogP contribution in [0.5, 0.6) is 5.75 Å². The Morgan fingerprint density at radius 2 is 2.07 bits per heavy atom. The second-order valence-corrected chi connectivity index (χ2v) is 4.22. The van der Waals surface area contributed by atoms with E-state index in [4.69, 9.17) is 10.00 Å². The Morgan fingerprint density at radius 3 is 2.64 bits per heavy atom.